The summed E-state index contributed by atoms with van der Waals surface area (Å²) in [6, 6.07) is 10.8. The lowest BCUT2D eigenvalue weighted by atomic mass is 10.1. The lowest BCUT2D eigenvalue weighted by Crippen LogP contribution is -1.78. The van der Waals surface area contributed by atoms with Crippen LogP contribution in [0.5, 0.6) is 0 Å². The van der Waals surface area contributed by atoms with Gasteiger partial charge in [0.1, 0.15) is 3.82 Å². The zero-order valence-electron chi connectivity index (χ0n) is 7.82. The van der Waals surface area contributed by atoms with E-state index < -0.39 is 0 Å². The Bertz CT molecular complexity index is 462. The van der Waals surface area contributed by atoms with Crippen LogP contribution < -0.4 is 0 Å². The van der Waals surface area contributed by atoms with E-state index in [0.29, 0.717) is 0 Å². The second-order valence-corrected chi connectivity index (χ2v) is 5.96. The van der Waals surface area contributed by atoms with Crippen molar-refractivity contribution in [1.82, 2.24) is 0 Å². The highest BCUT2D eigenvalue weighted by molar-refractivity contribution is 7.80. The van der Waals surface area contributed by atoms with Gasteiger partial charge in [-0.15, -0.1) is 0 Å². The second-order valence-electron chi connectivity index (χ2n) is 3.04. The van der Waals surface area contributed by atoms with Crippen molar-refractivity contribution < 1.29 is 0 Å². The Kier molecular flexibility index (Phi) is 3.11. The molecular weight excluding hydrogens is 228 g/mol. The Morgan fingerprint density at radius 3 is 2.36 bits per heavy atom. The molecule has 1 heterocycles. The van der Waals surface area contributed by atoms with Crippen molar-refractivity contribution in [3.05, 3.63) is 39.7 Å². The summed E-state index contributed by atoms with van der Waals surface area (Å²) in [7, 11) is 3.42. The average molecular weight is 238 g/mol. The van der Waals surface area contributed by atoms with E-state index in [1.807, 2.05) is 0 Å². The molecule has 0 aliphatic carbocycles. The van der Waals surface area contributed by atoms with Crippen LogP contribution in [-0.4, -0.2) is 0 Å². The minimum Gasteiger partial charge on any atom is -0.0786 e. The third-order valence-corrected chi connectivity index (χ3v) is 5.02. The first-order valence-electron chi connectivity index (χ1n) is 4.49. The Morgan fingerprint density at radius 1 is 1.14 bits per heavy atom. The molecule has 0 aliphatic rings. The van der Waals surface area contributed by atoms with Gasteiger partial charge in [0.25, 0.3) is 0 Å². The van der Waals surface area contributed by atoms with Crippen molar-refractivity contribution in [3.63, 3.8) is 0 Å². The average Bonchev–Trinajstić information content (AvgIpc) is 2.65. The highest BCUT2D eigenvalue weighted by atomic mass is 32.9. The summed E-state index contributed by atoms with van der Waals surface area (Å²) in [5.74, 6) is 0. The molecule has 0 aliphatic heterocycles. The molecule has 0 spiro atoms. The van der Waals surface area contributed by atoms with Gasteiger partial charge in [-0.3, -0.25) is 0 Å². The molecule has 1 aromatic heterocycles. The Hall–Kier alpha value is -0.510. The molecule has 3 heteroatoms. The summed E-state index contributed by atoms with van der Waals surface area (Å²) < 4.78 is 0.976. The first-order valence-corrected chi connectivity index (χ1v) is 7.05. The normalized spacial score (nSPS) is 10.4. The SMILES string of the molecule is CCc1ccc(-c2cc(=S)ss2)cc1. The van der Waals surface area contributed by atoms with E-state index in [9.17, 15) is 0 Å². The van der Waals surface area contributed by atoms with Crippen molar-refractivity contribution in [2.24, 2.45) is 0 Å². The van der Waals surface area contributed by atoms with Crippen LogP contribution in [0.4, 0.5) is 0 Å². The molecule has 0 nitrogen and oxygen atoms in total. The number of rotatable bonds is 2. The van der Waals surface area contributed by atoms with E-state index in [1.54, 1.807) is 20.7 Å². The van der Waals surface area contributed by atoms with E-state index in [-0.39, 0.29) is 0 Å². The molecule has 72 valence electrons. The maximum atomic E-state index is 5.11. The molecular formula is C11H10S3. The van der Waals surface area contributed by atoms with Crippen molar-refractivity contribution >= 4 is 32.9 Å². The maximum absolute atomic E-state index is 5.11. The van der Waals surface area contributed by atoms with Crippen LogP contribution in [0.3, 0.4) is 0 Å². The fourth-order valence-corrected chi connectivity index (χ4v) is 3.68. The van der Waals surface area contributed by atoms with Gasteiger partial charge >= 0.3 is 0 Å². The van der Waals surface area contributed by atoms with E-state index in [1.165, 1.54) is 16.0 Å². The molecule has 0 amide bonds. The van der Waals surface area contributed by atoms with Gasteiger partial charge in [0.2, 0.25) is 0 Å². The summed E-state index contributed by atoms with van der Waals surface area (Å²) >= 11 is 5.11. The van der Waals surface area contributed by atoms with Crippen molar-refractivity contribution in [1.29, 1.82) is 0 Å². The number of benzene rings is 1. The summed E-state index contributed by atoms with van der Waals surface area (Å²) in [6.45, 7) is 2.17. The number of hydrogen-bond donors (Lipinski definition) is 0. The minimum atomic E-state index is 0.976. The van der Waals surface area contributed by atoms with Gasteiger partial charge in [-0.25, -0.2) is 0 Å². The summed E-state index contributed by atoms with van der Waals surface area (Å²) in [4.78, 5) is 1.28. The van der Waals surface area contributed by atoms with Crippen LogP contribution in [0.1, 0.15) is 12.5 Å². The predicted molar refractivity (Wildman–Crippen MR) is 67.8 cm³/mol. The van der Waals surface area contributed by atoms with Crippen molar-refractivity contribution in [3.8, 4) is 10.4 Å². The van der Waals surface area contributed by atoms with Gasteiger partial charge in [0, 0.05) is 4.88 Å². The lowest BCUT2D eigenvalue weighted by molar-refractivity contribution is 1.14. The molecule has 14 heavy (non-hydrogen) atoms. The van der Waals surface area contributed by atoms with Crippen LogP contribution >= 0.6 is 32.9 Å². The van der Waals surface area contributed by atoms with Gasteiger partial charge in [0.05, 0.1) is 0 Å². The van der Waals surface area contributed by atoms with Gasteiger partial charge in [-0.05, 0) is 23.6 Å². The van der Waals surface area contributed by atoms with Gasteiger partial charge in [0.15, 0.2) is 0 Å². The maximum Gasteiger partial charge on any atom is 0.102 e. The standard InChI is InChI=1S/C11H10S3/c1-2-8-3-5-9(6-4-8)10-7-11(12)14-13-10/h3-7H,2H2,1H3. The smallest absolute Gasteiger partial charge is 0.0786 e. The third-order valence-electron chi connectivity index (χ3n) is 2.11. The summed E-state index contributed by atoms with van der Waals surface area (Å²) in [6.07, 6.45) is 1.10. The van der Waals surface area contributed by atoms with E-state index in [0.717, 1.165) is 10.2 Å². The number of hydrogen-bond acceptors (Lipinski definition) is 3. The second kappa shape index (κ2) is 4.34. The predicted octanol–water partition coefficient (Wildman–Crippen LogP) is 4.77. The first-order chi connectivity index (χ1) is 6.79. The summed E-state index contributed by atoms with van der Waals surface area (Å²) in [5, 5.41) is 0. The monoisotopic (exact) mass is 238 g/mol. The fraction of sp³-hybridized carbons (Fsp3) is 0.182. The van der Waals surface area contributed by atoms with Gasteiger partial charge in [-0.1, -0.05) is 64.1 Å². The van der Waals surface area contributed by atoms with Gasteiger partial charge in [-0.2, -0.15) is 0 Å². The molecule has 0 atom stereocenters. The molecule has 2 aromatic rings. The van der Waals surface area contributed by atoms with Crippen LogP contribution in [0.2, 0.25) is 0 Å². The zero-order chi connectivity index (χ0) is 9.97. The van der Waals surface area contributed by atoms with Crippen LogP contribution in [0.25, 0.3) is 10.4 Å². The van der Waals surface area contributed by atoms with Gasteiger partial charge < -0.3 is 0 Å². The Labute approximate surface area is 96.2 Å². The first kappa shape index (κ1) is 10.0. The molecule has 1 aromatic carbocycles. The highest BCUT2D eigenvalue weighted by Crippen LogP contribution is 2.29. The van der Waals surface area contributed by atoms with Crippen LogP contribution in [0.15, 0.2) is 30.3 Å². The Balaban J connectivity index is 2.38. The zero-order valence-corrected chi connectivity index (χ0v) is 10.3. The third kappa shape index (κ3) is 2.11. The van der Waals surface area contributed by atoms with E-state index >= 15 is 0 Å². The van der Waals surface area contributed by atoms with Crippen molar-refractivity contribution in [2.45, 2.75) is 13.3 Å². The Morgan fingerprint density at radius 2 is 1.86 bits per heavy atom. The molecule has 0 radical (unpaired) electrons. The molecule has 0 N–H and O–H groups in total. The van der Waals surface area contributed by atoms with Crippen molar-refractivity contribution in [2.75, 3.05) is 0 Å². The summed E-state index contributed by atoms with van der Waals surface area (Å²) in [5.41, 5.74) is 2.66. The molecule has 0 unspecified atom stereocenters. The molecule has 0 fully saturated rings. The van der Waals surface area contributed by atoms with Crippen LogP contribution in [0, 0.1) is 3.82 Å². The fourth-order valence-electron chi connectivity index (χ4n) is 1.28. The van der Waals surface area contributed by atoms with E-state index in [2.05, 4.69) is 37.3 Å². The highest BCUT2D eigenvalue weighted by Gasteiger charge is 1.99. The van der Waals surface area contributed by atoms with E-state index in [4.69, 9.17) is 12.2 Å². The number of aryl methyl sites for hydroxylation is 1. The molecule has 0 saturated carbocycles. The van der Waals surface area contributed by atoms with Crippen LogP contribution in [-0.2, 0) is 6.42 Å². The largest absolute Gasteiger partial charge is 0.102 e. The molecule has 0 bridgehead atoms. The topological polar surface area (TPSA) is 0 Å². The quantitative estimate of drug-likeness (QED) is 0.536. The molecule has 0 saturated heterocycles. The molecule has 2 rings (SSSR count). The lowest BCUT2D eigenvalue weighted by Gasteiger charge is -1.98. The minimum absolute atomic E-state index is 0.976.